The zero-order chi connectivity index (χ0) is 24.1. The summed E-state index contributed by atoms with van der Waals surface area (Å²) in [6, 6.07) is 13.1. The lowest BCUT2D eigenvalue weighted by molar-refractivity contribution is 0.689. The SMILES string of the molecule is CCC(C)c1ncc(-c2ccc3c4ccc(-c5cnc(C(C)C)[nH]5)cc4c4nccnc4c3c2)[nH]1. The molecule has 0 aliphatic carbocycles. The number of hydrogen-bond acceptors (Lipinski definition) is 4. The van der Waals surface area contributed by atoms with E-state index in [4.69, 9.17) is 9.97 Å². The fourth-order valence-corrected chi connectivity index (χ4v) is 4.72. The van der Waals surface area contributed by atoms with Gasteiger partial charge in [0.25, 0.3) is 0 Å². The summed E-state index contributed by atoms with van der Waals surface area (Å²) >= 11 is 0. The Kier molecular flexibility index (Phi) is 5.10. The molecule has 0 radical (unpaired) electrons. The van der Waals surface area contributed by atoms with E-state index in [1.54, 1.807) is 12.4 Å². The second-order valence-corrected chi connectivity index (χ2v) is 9.60. The Morgan fingerprint density at radius 3 is 1.66 bits per heavy atom. The average molecular weight is 461 g/mol. The van der Waals surface area contributed by atoms with E-state index in [9.17, 15) is 0 Å². The number of fused-ring (bicyclic) bond motifs is 6. The summed E-state index contributed by atoms with van der Waals surface area (Å²) < 4.78 is 0. The predicted molar refractivity (Wildman–Crippen MR) is 143 cm³/mol. The summed E-state index contributed by atoms with van der Waals surface area (Å²) in [5.74, 6) is 2.77. The van der Waals surface area contributed by atoms with Gasteiger partial charge in [0.05, 0.1) is 34.8 Å². The summed E-state index contributed by atoms with van der Waals surface area (Å²) in [4.78, 5) is 25.7. The van der Waals surface area contributed by atoms with Crippen LogP contribution >= 0.6 is 0 Å². The number of hydrogen-bond donors (Lipinski definition) is 2. The smallest absolute Gasteiger partial charge is 0.109 e. The molecule has 6 heteroatoms. The van der Waals surface area contributed by atoms with E-state index in [0.29, 0.717) is 11.8 Å². The van der Waals surface area contributed by atoms with E-state index in [-0.39, 0.29) is 0 Å². The Morgan fingerprint density at radius 2 is 1.17 bits per heavy atom. The maximum Gasteiger partial charge on any atom is 0.109 e. The number of rotatable bonds is 5. The molecule has 0 fully saturated rings. The first kappa shape index (κ1) is 21.5. The van der Waals surface area contributed by atoms with Gasteiger partial charge < -0.3 is 9.97 Å². The average Bonchev–Trinajstić information content (AvgIpc) is 3.59. The molecule has 6 nitrogen and oxygen atoms in total. The van der Waals surface area contributed by atoms with E-state index in [2.05, 4.69) is 84.0 Å². The number of nitrogens with one attached hydrogen (secondary N) is 2. The molecular weight excluding hydrogens is 432 g/mol. The van der Waals surface area contributed by atoms with Crippen molar-refractivity contribution in [3.8, 4) is 22.5 Å². The second-order valence-electron chi connectivity index (χ2n) is 9.60. The Morgan fingerprint density at radius 1 is 0.657 bits per heavy atom. The van der Waals surface area contributed by atoms with Crippen LogP contribution < -0.4 is 0 Å². The normalized spacial score (nSPS) is 12.8. The van der Waals surface area contributed by atoms with Crippen molar-refractivity contribution >= 4 is 32.6 Å². The van der Waals surface area contributed by atoms with Crippen LogP contribution in [0.5, 0.6) is 0 Å². The first-order chi connectivity index (χ1) is 17.0. The molecule has 0 aliphatic heterocycles. The third kappa shape index (κ3) is 3.57. The molecule has 1 atom stereocenters. The maximum absolute atomic E-state index is 4.76. The van der Waals surface area contributed by atoms with Crippen LogP contribution in [0.25, 0.3) is 55.1 Å². The molecule has 0 saturated carbocycles. The Bertz CT molecular complexity index is 1670. The summed E-state index contributed by atoms with van der Waals surface area (Å²) in [5, 5.41) is 4.51. The molecule has 1 unspecified atom stereocenters. The largest absolute Gasteiger partial charge is 0.342 e. The Hall–Kier alpha value is -4.06. The lowest BCUT2D eigenvalue weighted by Crippen LogP contribution is -1.93. The van der Waals surface area contributed by atoms with Gasteiger partial charge in [-0.05, 0) is 29.3 Å². The van der Waals surface area contributed by atoms with Crippen molar-refractivity contribution in [1.29, 1.82) is 0 Å². The van der Waals surface area contributed by atoms with Gasteiger partial charge in [-0.25, -0.2) is 9.97 Å². The van der Waals surface area contributed by atoms with E-state index in [1.165, 1.54) is 0 Å². The van der Waals surface area contributed by atoms with Crippen LogP contribution in [0, 0.1) is 0 Å². The van der Waals surface area contributed by atoms with Gasteiger partial charge in [0.15, 0.2) is 0 Å². The lowest BCUT2D eigenvalue weighted by Gasteiger charge is -2.11. The van der Waals surface area contributed by atoms with Gasteiger partial charge in [-0.15, -0.1) is 0 Å². The summed E-state index contributed by atoms with van der Waals surface area (Å²) in [6.07, 6.45) is 8.43. The molecule has 0 spiro atoms. The van der Waals surface area contributed by atoms with Crippen LogP contribution in [-0.2, 0) is 0 Å². The minimum Gasteiger partial charge on any atom is -0.342 e. The zero-order valence-electron chi connectivity index (χ0n) is 20.4. The number of aromatic nitrogens is 6. The fraction of sp³-hybridized carbons (Fsp3) is 0.241. The molecule has 35 heavy (non-hydrogen) atoms. The highest BCUT2D eigenvalue weighted by Crippen LogP contribution is 2.37. The molecule has 2 N–H and O–H groups in total. The third-order valence-electron chi connectivity index (χ3n) is 6.98. The number of nitrogens with zero attached hydrogens (tertiary/aromatic N) is 4. The monoisotopic (exact) mass is 460 g/mol. The van der Waals surface area contributed by atoms with E-state index in [1.807, 2.05) is 12.4 Å². The van der Waals surface area contributed by atoms with Crippen molar-refractivity contribution in [2.24, 2.45) is 0 Å². The van der Waals surface area contributed by atoms with Gasteiger partial charge in [0, 0.05) is 46.1 Å². The van der Waals surface area contributed by atoms with E-state index >= 15 is 0 Å². The molecule has 3 heterocycles. The topological polar surface area (TPSA) is 83.1 Å². The van der Waals surface area contributed by atoms with Crippen molar-refractivity contribution in [2.75, 3.05) is 0 Å². The van der Waals surface area contributed by atoms with Gasteiger partial charge in [-0.3, -0.25) is 9.97 Å². The van der Waals surface area contributed by atoms with Crippen molar-refractivity contribution in [1.82, 2.24) is 29.9 Å². The third-order valence-corrected chi connectivity index (χ3v) is 6.98. The highest BCUT2D eigenvalue weighted by atomic mass is 14.9. The van der Waals surface area contributed by atoms with E-state index < -0.39 is 0 Å². The van der Waals surface area contributed by atoms with Crippen LogP contribution in [0.1, 0.15) is 57.6 Å². The molecule has 3 aromatic heterocycles. The van der Waals surface area contributed by atoms with Crippen LogP contribution in [0.15, 0.2) is 61.2 Å². The van der Waals surface area contributed by atoms with Crippen molar-refractivity contribution in [2.45, 2.75) is 46.0 Å². The Balaban J connectivity index is 1.55. The minimum absolute atomic E-state index is 0.352. The highest BCUT2D eigenvalue weighted by Gasteiger charge is 2.15. The second kappa shape index (κ2) is 8.31. The number of H-pyrrole nitrogens is 2. The number of imidazole rings is 2. The van der Waals surface area contributed by atoms with Crippen LogP contribution in [0.4, 0.5) is 0 Å². The quantitative estimate of drug-likeness (QED) is 0.263. The molecule has 0 bridgehead atoms. The Labute approximate surface area is 203 Å². The van der Waals surface area contributed by atoms with Gasteiger partial charge in [-0.2, -0.15) is 0 Å². The zero-order valence-corrected chi connectivity index (χ0v) is 20.4. The van der Waals surface area contributed by atoms with E-state index in [0.717, 1.165) is 73.2 Å². The van der Waals surface area contributed by atoms with Gasteiger partial charge in [0.1, 0.15) is 11.6 Å². The van der Waals surface area contributed by atoms with Crippen molar-refractivity contribution < 1.29 is 0 Å². The first-order valence-corrected chi connectivity index (χ1v) is 12.2. The van der Waals surface area contributed by atoms with Crippen molar-refractivity contribution in [3.05, 3.63) is 72.8 Å². The summed E-state index contributed by atoms with van der Waals surface area (Å²) in [5.41, 5.74) is 6.04. The van der Waals surface area contributed by atoms with Gasteiger partial charge >= 0.3 is 0 Å². The number of benzene rings is 3. The first-order valence-electron chi connectivity index (χ1n) is 12.2. The number of aromatic amines is 2. The molecule has 174 valence electrons. The molecule has 6 aromatic rings. The van der Waals surface area contributed by atoms with Crippen LogP contribution in [-0.4, -0.2) is 29.9 Å². The standard InChI is InChI=1S/C29H28N6/c1-5-17(4)29-33-15-25(35-29)19-7-9-21-20-8-6-18(24-14-32-28(34-24)16(2)3)12-22(20)26-27(23(21)13-19)31-11-10-30-26/h6-17H,5H2,1-4H3,(H,32,34)(H,33,35). The predicted octanol–water partition coefficient (Wildman–Crippen LogP) is 7.35. The lowest BCUT2D eigenvalue weighted by atomic mass is 9.95. The fourth-order valence-electron chi connectivity index (χ4n) is 4.72. The molecule has 0 saturated heterocycles. The molecule has 0 aliphatic rings. The molecule has 6 rings (SSSR count). The summed E-state index contributed by atoms with van der Waals surface area (Å²) in [6.45, 7) is 8.65. The maximum atomic E-state index is 4.76. The van der Waals surface area contributed by atoms with Crippen LogP contribution in [0.2, 0.25) is 0 Å². The van der Waals surface area contributed by atoms with Crippen LogP contribution in [0.3, 0.4) is 0 Å². The molecule has 3 aromatic carbocycles. The molecular formula is C29H28N6. The molecule has 0 amide bonds. The minimum atomic E-state index is 0.352. The highest BCUT2D eigenvalue weighted by molar-refractivity contribution is 6.24. The van der Waals surface area contributed by atoms with Gasteiger partial charge in [0.2, 0.25) is 0 Å². The van der Waals surface area contributed by atoms with Crippen molar-refractivity contribution in [3.63, 3.8) is 0 Å². The summed E-state index contributed by atoms with van der Waals surface area (Å²) in [7, 11) is 0. The van der Waals surface area contributed by atoms with Gasteiger partial charge in [-0.1, -0.05) is 52.0 Å².